The van der Waals surface area contributed by atoms with E-state index in [-0.39, 0.29) is 29.1 Å². The molecular weight excluding hydrogens is 240 g/mol. The van der Waals surface area contributed by atoms with Gasteiger partial charge in [-0.25, -0.2) is 0 Å². The highest BCUT2D eigenvalue weighted by Crippen LogP contribution is 2.68. The highest BCUT2D eigenvalue weighted by molar-refractivity contribution is 5.48. The van der Waals surface area contributed by atoms with E-state index in [4.69, 9.17) is 0 Å². The van der Waals surface area contributed by atoms with Crippen molar-refractivity contribution >= 4 is 0 Å². The summed E-state index contributed by atoms with van der Waals surface area (Å²) in [7, 11) is 0. The molecule has 0 saturated heterocycles. The number of allylic oxidation sites excluding steroid dienone is 6. The fraction of sp³-hybridized carbons (Fsp3) is 0.700. The molecule has 0 aliphatic heterocycles. The van der Waals surface area contributed by atoms with Gasteiger partial charge in [-0.3, -0.25) is 0 Å². The molecule has 0 radical (unpaired) electrons. The zero-order valence-electron chi connectivity index (χ0n) is 14.0. The van der Waals surface area contributed by atoms with Crippen molar-refractivity contribution in [2.75, 3.05) is 0 Å². The number of hydrogen-bond acceptors (Lipinski definition) is 0. The maximum atomic E-state index is 2.45. The SMILES string of the molecule is C.CC1(C)C2=C(C=CCC=C2)C(C)(C)C(C)(C)C1(C)C. The molecule has 2 rings (SSSR count). The van der Waals surface area contributed by atoms with Gasteiger partial charge >= 0.3 is 0 Å². The van der Waals surface area contributed by atoms with Crippen LogP contribution in [0.1, 0.15) is 69.2 Å². The van der Waals surface area contributed by atoms with Gasteiger partial charge in [-0.15, -0.1) is 0 Å². The third kappa shape index (κ3) is 1.80. The van der Waals surface area contributed by atoms with Crippen molar-refractivity contribution in [1.29, 1.82) is 0 Å². The van der Waals surface area contributed by atoms with Crippen molar-refractivity contribution in [2.45, 2.75) is 69.2 Å². The monoisotopic (exact) mass is 274 g/mol. The summed E-state index contributed by atoms with van der Waals surface area (Å²) in [5, 5.41) is 0. The summed E-state index contributed by atoms with van der Waals surface area (Å²) in [6.45, 7) is 19.5. The molecule has 0 unspecified atom stereocenters. The van der Waals surface area contributed by atoms with Crippen LogP contribution in [0, 0.1) is 21.7 Å². The van der Waals surface area contributed by atoms with E-state index in [2.05, 4.69) is 79.7 Å². The number of rotatable bonds is 0. The summed E-state index contributed by atoms with van der Waals surface area (Å²) in [6, 6.07) is 0. The van der Waals surface area contributed by atoms with Gasteiger partial charge in [-0.2, -0.15) is 0 Å². The Bertz CT molecular complexity index is 432. The third-order valence-electron chi connectivity index (χ3n) is 7.17. The van der Waals surface area contributed by atoms with Crippen molar-refractivity contribution in [1.82, 2.24) is 0 Å². The Morgan fingerprint density at radius 3 is 1.25 bits per heavy atom. The summed E-state index contributed by atoms with van der Waals surface area (Å²) >= 11 is 0. The molecule has 114 valence electrons. The van der Waals surface area contributed by atoms with E-state index in [1.54, 1.807) is 0 Å². The Labute approximate surface area is 127 Å². The van der Waals surface area contributed by atoms with Gasteiger partial charge in [0.25, 0.3) is 0 Å². The normalized spacial score (nSPS) is 28.4. The van der Waals surface area contributed by atoms with Gasteiger partial charge in [0.15, 0.2) is 0 Å². The molecule has 0 fully saturated rings. The first-order valence-electron chi connectivity index (χ1n) is 7.56. The first-order valence-corrected chi connectivity index (χ1v) is 7.56. The van der Waals surface area contributed by atoms with E-state index in [1.165, 1.54) is 11.1 Å². The summed E-state index contributed by atoms with van der Waals surface area (Å²) < 4.78 is 0. The lowest BCUT2D eigenvalue weighted by Crippen LogP contribution is -2.56. The highest BCUT2D eigenvalue weighted by Gasteiger charge is 2.60. The van der Waals surface area contributed by atoms with Crippen LogP contribution in [0.25, 0.3) is 0 Å². The average molecular weight is 274 g/mol. The molecule has 0 bridgehead atoms. The Kier molecular flexibility index (Phi) is 3.98. The number of hydrogen-bond donors (Lipinski definition) is 0. The van der Waals surface area contributed by atoms with Crippen molar-refractivity contribution in [3.63, 3.8) is 0 Å². The Morgan fingerprint density at radius 2 is 0.950 bits per heavy atom. The van der Waals surface area contributed by atoms with Gasteiger partial charge in [0.05, 0.1) is 0 Å². The fourth-order valence-corrected chi connectivity index (χ4v) is 3.96. The minimum Gasteiger partial charge on any atom is -0.0804 e. The van der Waals surface area contributed by atoms with Gasteiger partial charge in [-0.1, -0.05) is 87.1 Å². The van der Waals surface area contributed by atoms with Gasteiger partial charge in [0.1, 0.15) is 0 Å². The van der Waals surface area contributed by atoms with Crippen LogP contribution < -0.4 is 0 Å². The molecule has 0 nitrogen and oxygen atoms in total. The predicted molar refractivity (Wildman–Crippen MR) is 91.8 cm³/mol. The van der Waals surface area contributed by atoms with Crippen molar-refractivity contribution in [2.24, 2.45) is 21.7 Å². The van der Waals surface area contributed by atoms with E-state index < -0.39 is 0 Å². The van der Waals surface area contributed by atoms with Crippen molar-refractivity contribution in [3.05, 3.63) is 35.5 Å². The van der Waals surface area contributed by atoms with E-state index in [9.17, 15) is 0 Å². The summed E-state index contributed by atoms with van der Waals surface area (Å²) in [6.07, 6.45) is 10.4. The molecule has 0 amide bonds. The van der Waals surface area contributed by atoms with E-state index in [1.807, 2.05) is 0 Å². The fourth-order valence-electron chi connectivity index (χ4n) is 3.96. The first kappa shape index (κ1) is 17.3. The molecule has 0 saturated carbocycles. The molecule has 0 spiro atoms. The average Bonchev–Trinajstić information content (AvgIpc) is 2.52. The van der Waals surface area contributed by atoms with Crippen LogP contribution >= 0.6 is 0 Å². The lowest BCUT2D eigenvalue weighted by Gasteiger charge is -2.64. The molecule has 2 aliphatic carbocycles. The Hall–Kier alpha value is -0.780. The molecule has 2 aliphatic rings. The van der Waals surface area contributed by atoms with Crippen molar-refractivity contribution < 1.29 is 0 Å². The maximum absolute atomic E-state index is 2.45. The van der Waals surface area contributed by atoms with Crippen molar-refractivity contribution in [3.8, 4) is 0 Å². The lowest BCUT2D eigenvalue weighted by molar-refractivity contribution is -0.0785. The zero-order valence-corrected chi connectivity index (χ0v) is 14.0. The second kappa shape index (κ2) is 4.61. The first-order chi connectivity index (χ1) is 8.48. The zero-order chi connectivity index (χ0) is 14.7. The van der Waals surface area contributed by atoms with E-state index in [0.717, 1.165) is 6.42 Å². The summed E-state index contributed by atoms with van der Waals surface area (Å²) in [5.74, 6) is 0. The van der Waals surface area contributed by atoms with Crippen LogP contribution in [0.2, 0.25) is 0 Å². The van der Waals surface area contributed by atoms with E-state index >= 15 is 0 Å². The van der Waals surface area contributed by atoms with Crippen LogP contribution in [-0.4, -0.2) is 0 Å². The lowest BCUT2D eigenvalue weighted by atomic mass is 9.40. The molecule has 0 aromatic heterocycles. The topological polar surface area (TPSA) is 0 Å². The van der Waals surface area contributed by atoms with Gasteiger partial charge in [-0.05, 0) is 39.2 Å². The maximum Gasteiger partial charge on any atom is -0.00442 e. The predicted octanol–water partition coefficient (Wildman–Crippen LogP) is 6.55. The Balaban J connectivity index is 0.00000200. The summed E-state index contributed by atoms with van der Waals surface area (Å²) in [4.78, 5) is 0. The molecule has 0 aromatic rings. The quantitative estimate of drug-likeness (QED) is 0.469. The second-order valence-corrected chi connectivity index (χ2v) is 8.37. The van der Waals surface area contributed by atoms with Gasteiger partial charge in [0.2, 0.25) is 0 Å². The smallest absolute Gasteiger partial charge is 0.00442 e. The molecule has 20 heavy (non-hydrogen) atoms. The molecule has 0 heteroatoms. The summed E-state index contributed by atoms with van der Waals surface area (Å²) in [5.41, 5.74) is 3.93. The van der Waals surface area contributed by atoms with Crippen LogP contribution in [-0.2, 0) is 0 Å². The van der Waals surface area contributed by atoms with Crippen LogP contribution in [0.4, 0.5) is 0 Å². The molecule has 0 aromatic carbocycles. The van der Waals surface area contributed by atoms with Gasteiger partial charge in [0, 0.05) is 0 Å². The Morgan fingerprint density at radius 1 is 0.650 bits per heavy atom. The van der Waals surface area contributed by atoms with E-state index in [0.29, 0.717) is 0 Å². The standard InChI is InChI=1S/C19H30.CH4/c1-16(2)14-12-10-9-11-13-15(14)17(3,4)19(7,8)18(16,5)6;/h10-13H,9H2,1-8H3;1H4. The largest absolute Gasteiger partial charge is 0.0804 e. The highest BCUT2D eigenvalue weighted by atomic mass is 14.6. The molecule has 0 atom stereocenters. The minimum absolute atomic E-state index is 0. The van der Waals surface area contributed by atoms with Crippen LogP contribution in [0.3, 0.4) is 0 Å². The van der Waals surface area contributed by atoms with Crippen LogP contribution in [0.15, 0.2) is 35.5 Å². The van der Waals surface area contributed by atoms with Gasteiger partial charge < -0.3 is 0 Å². The minimum atomic E-state index is 0. The second-order valence-electron chi connectivity index (χ2n) is 8.37. The molecular formula is C20H34. The molecule has 0 N–H and O–H groups in total. The molecule has 0 heterocycles. The third-order valence-corrected chi connectivity index (χ3v) is 7.17. The van der Waals surface area contributed by atoms with Crippen LogP contribution in [0.5, 0.6) is 0 Å².